The Balaban J connectivity index is 1.68. The van der Waals surface area contributed by atoms with E-state index in [1.54, 1.807) is 11.5 Å². The first-order valence-electron chi connectivity index (χ1n) is 6.30. The van der Waals surface area contributed by atoms with Gasteiger partial charge in [0.15, 0.2) is 11.4 Å². The van der Waals surface area contributed by atoms with Crippen LogP contribution in [0.25, 0.3) is 11.1 Å². The maximum atomic E-state index is 10.9. The fourth-order valence-electron chi connectivity index (χ4n) is 2.02. The van der Waals surface area contributed by atoms with Gasteiger partial charge >= 0.3 is 5.82 Å². The Morgan fingerprint density at radius 3 is 3.00 bits per heavy atom. The summed E-state index contributed by atoms with van der Waals surface area (Å²) in [6.07, 6.45) is 1.28. The van der Waals surface area contributed by atoms with Crippen molar-refractivity contribution in [3.05, 3.63) is 46.4 Å². The third kappa shape index (κ3) is 2.75. The molecule has 0 fully saturated rings. The van der Waals surface area contributed by atoms with Gasteiger partial charge in [-0.1, -0.05) is 23.9 Å². The predicted octanol–water partition coefficient (Wildman–Crippen LogP) is 3.03. The van der Waals surface area contributed by atoms with Crippen molar-refractivity contribution in [1.82, 2.24) is 14.5 Å². The molecule has 0 saturated carbocycles. The molecular formula is C13H12N4O3S. The third-order valence-corrected chi connectivity index (χ3v) is 3.84. The van der Waals surface area contributed by atoms with Crippen molar-refractivity contribution in [2.75, 3.05) is 5.75 Å². The zero-order valence-electron chi connectivity index (χ0n) is 11.2. The molecule has 0 aliphatic heterocycles. The lowest BCUT2D eigenvalue weighted by Gasteiger charge is -2.01. The fraction of sp³-hybridized carbons (Fsp3) is 0.231. The van der Waals surface area contributed by atoms with Crippen molar-refractivity contribution in [1.29, 1.82) is 0 Å². The zero-order chi connectivity index (χ0) is 14.8. The van der Waals surface area contributed by atoms with Crippen LogP contribution in [0.1, 0.15) is 5.82 Å². The van der Waals surface area contributed by atoms with Crippen molar-refractivity contribution in [3.63, 3.8) is 0 Å². The quantitative estimate of drug-likeness (QED) is 0.409. The Bertz CT molecular complexity index is 763. The Labute approximate surface area is 124 Å². The van der Waals surface area contributed by atoms with Gasteiger partial charge in [0.2, 0.25) is 0 Å². The van der Waals surface area contributed by atoms with Gasteiger partial charge < -0.3 is 14.5 Å². The summed E-state index contributed by atoms with van der Waals surface area (Å²) in [7, 11) is 0. The monoisotopic (exact) mass is 304 g/mol. The molecule has 1 aromatic carbocycles. The molecule has 0 atom stereocenters. The second-order valence-corrected chi connectivity index (χ2v) is 5.41. The van der Waals surface area contributed by atoms with Gasteiger partial charge in [-0.05, 0) is 17.1 Å². The summed E-state index contributed by atoms with van der Waals surface area (Å²) in [5.74, 6) is 1.25. The predicted molar refractivity (Wildman–Crippen MR) is 78.4 cm³/mol. The first-order chi connectivity index (χ1) is 10.1. The number of hydrogen-bond donors (Lipinski definition) is 0. The van der Waals surface area contributed by atoms with Gasteiger partial charge in [0.1, 0.15) is 18.3 Å². The number of rotatable bonds is 5. The Morgan fingerprint density at radius 1 is 1.43 bits per heavy atom. The fourth-order valence-corrected chi connectivity index (χ4v) is 2.78. The van der Waals surface area contributed by atoms with E-state index in [0.717, 1.165) is 11.1 Å². The van der Waals surface area contributed by atoms with Gasteiger partial charge in [0, 0.05) is 12.7 Å². The van der Waals surface area contributed by atoms with E-state index >= 15 is 0 Å². The molecule has 2 aromatic heterocycles. The molecule has 0 aliphatic carbocycles. The van der Waals surface area contributed by atoms with Crippen molar-refractivity contribution in [3.8, 4) is 0 Å². The highest BCUT2D eigenvalue weighted by molar-refractivity contribution is 7.99. The summed E-state index contributed by atoms with van der Waals surface area (Å²) in [5.41, 5.74) is 1.55. The number of thioether (sulfide) groups is 1. The smallest absolute Gasteiger partial charge is 0.342 e. The van der Waals surface area contributed by atoms with Crippen LogP contribution in [0.3, 0.4) is 0 Å². The van der Waals surface area contributed by atoms with Gasteiger partial charge in [0.05, 0.1) is 0 Å². The number of nitro groups is 1. The molecule has 0 radical (unpaired) electrons. The minimum atomic E-state index is -0.426. The number of benzene rings is 1. The highest BCUT2D eigenvalue weighted by Gasteiger charge is 2.17. The molecule has 3 aromatic rings. The van der Waals surface area contributed by atoms with E-state index in [-0.39, 0.29) is 5.82 Å². The highest BCUT2D eigenvalue weighted by Crippen LogP contribution is 2.24. The summed E-state index contributed by atoms with van der Waals surface area (Å²) in [4.78, 5) is 18.8. The lowest BCUT2D eigenvalue weighted by Crippen LogP contribution is -2.06. The van der Waals surface area contributed by atoms with Crippen LogP contribution in [0, 0.1) is 17.0 Å². The van der Waals surface area contributed by atoms with Crippen LogP contribution in [0.2, 0.25) is 0 Å². The molecule has 0 amide bonds. The number of aromatic nitrogens is 3. The molecule has 7 nitrogen and oxygen atoms in total. The van der Waals surface area contributed by atoms with E-state index < -0.39 is 4.92 Å². The van der Waals surface area contributed by atoms with E-state index in [0.29, 0.717) is 23.3 Å². The average Bonchev–Trinajstić information content (AvgIpc) is 3.02. The van der Waals surface area contributed by atoms with Crippen molar-refractivity contribution in [2.24, 2.45) is 0 Å². The maximum Gasteiger partial charge on any atom is 0.342 e. The van der Waals surface area contributed by atoms with E-state index in [4.69, 9.17) is 4.42 Å². The van der Waals surface area contributed by atoms with E-state index in [9.17, 15) is 10.1 Å². The Kier molecular flexibility index (Phi) is 3.61. The van der Waals surface area contributed by atoms with E-state index in [2.05, 4.69) is 9.97 Å². The molecule has 0 unspecified atom stereocenters. The average molecular weight is 304 g/mol. The highest BCUT2D eigenvalue weighted by atomic mass is 32.2. The lowest BCUT2D eigenvalue weighted by molar-refractivity contribution is -0.392. The third-order valence-electron chi connectivity index (χ3n) is 3.04. The minimum absolute atomic E-state index is 0.00525. The molecule has 2 heterocycles. The number of para-hydroxylation sites is 2. The second-order valence-electron chi connectivity index (χ2n) is 4.37. The van der Waals surface area contributed by atoms with Crippen LogP contribution < -0.4 is 0 Å². The van der Waals surface area contributed by atoms with Crippen molar-refractivity contribution in [2.45, 2.75) is 18.7 Å². The summed E-state index contributed by atoms with van der Waals surface area (Å²) >= 11 is 1.42. The Hall–Kier alpha value is -2.35. The standard InChI is InChI=1S/C13H12N4O3S/c1-9-14-8-12(17(18)19)16(9)6-7-21-13-15-10-4-2-3-5-11(10)20-13/h2-5,8H,6-7H2,1H3. The number of hydrogen-bond acceptors (Lipinski definition) is 6. The number of fused-ring (bicyclic) bond motifs is 1. The van der Waals surface area contributed by atoms with Crippen LogP contribution in [0.5, 0.6) is 0 Å². The topological polar surface area (TPSA) is 87.0 Å². The summed E-state index contributed by atoms with van der Waals surface area (Å²) in [6, 6.07) is 7.53. The lowest BCUT2D eigenvalue weighted by atomic mass is 10.3. The summed E-state index contributed by atoms with van der Waals surface area (Å²) < 4.78 is 7.17. The van der Waals surface area contributed by atoms with Gasteiger partial charge in [0.25, 0.3) is 5.22 Å². The SMILES string of the molecule is Cc1ncc([N+](=O)[O-])n1CCSc1nc2ccccc2o1. The largest absolute Gasteiger partial charge is 0.431 e. The molecule has 0 aliphatic rings. The second kappa shape index (κ2) is 5.57. The van der Waals surface area contributed by atoms with Gasteiger partial charge in [-0.2, -0.15) is 0 Å². The van der Waals surface area contributed by atoms with Gasteiger partial charge in [-0.15, -0.1) is 0 Å². The molecule has 3 rings (SSSR count). The van der Waals surface area contributed by atoms with Gasteiger partial charge in [-0.3, -0.25) is 0 Å². The number of imidazole rings is 1. The van der Waals surface area contributed by atoms with E-state index in [1.165, 1.54) is 18.0 Å². The zero-order valence-corrected chi connectivity index (χ0v) is 12.0. The summed E-state index contributed by atoms with van der Waals surface area (Å²) in [5, 5.41) is 11.5. The normalized spacial score (nSPS) is 11.1. The van der Waals surface area contributed by atoms with Crippen LogP contribution >= 0.6 is 11.8 Å². The van der Waals surface area contributed by atoms with Crippen molar-refractivity contribution < 1.29 is 9.34 Å². The van der Waals surface area contributed by atoms with Crippen LogP contribution in [0.15, 0.2) is 40.1 Å². The Morgan fingerprint density at radius 2 is 2.24 bits per heavy atom. The summed E-state index contributed by atoms with van der Waals surface area (Å²) in [6.45, 7) is 2.22. The number of nitrogens with zero attached hydrogens (tertiary/aromatic N) is 4. The maximum absolute atomic E-state index is 10.9. The van der Waals surface area contributed by atoms with Gasteiger partial charge in [-0.25, -0.2) is 14.5 Å². The van der Waals surface area contributed by atoms with Crippen LogP contribution in [0.4, 0.5) is 5.82 Å². The van der Waals surface area contributed by atoms with E-state index in [1.807, 2.05) is 24.3 Å². The number of aryl methyl sites for hydroxylation is 1. The first-order valence-corrected chi connectivity index (χ1v) is 7.28. The molecule has 0 bridgehead atoms. The molecular weight excluding hydrogens is 292 g/mol. The van der Waals surface area contributed by atoms with Crippen LogP contribution in [-0.4, -0.2) is 25.2 Å². The van der Waals surface area contributed by atoms with Crippen molar-refractivity contribution >= 4 is 28.7 Å². The number of oxazole rings is 1. The molecule has 108 valence electrons. The first kappa shape index (κ1) is 13.6. The molecule has 0 spiro atoms. The molecule has 21 heavy (non-hydrogen) atoms. The molecule has 8 heteroatoms. The minimum Gasteiger partial charge on any atom is -0.431 e. The van der Waals surface area contributed by atoms with Crippen LogP contribution in [-0.2, 0) is 6.54 Å². The molecule has 0 N–H and O–H groups in total. The molecule has 0 saturated heterocycles.